The molecule has 1 aliphatic carbocycles. The molecule has 3 rings (SSSR count). The molecule has 1 saturated carbocycles. The number of carbonyl (C=O) groups is 1. The third-order valence-electron chi connectivity index (χ3n) is 6.39. The summed E-state index contributed by atoms with van der Waals surface area (Å²) in [6.07, 6.45) is 3.12. The van der Waals surface area contributed by atoms with Crippen molar-refractivity contribution in [2.45, 2.75) is 51.1 Å². The van der Waals surface area contributed by atoms with Crippen LogP contribution in [0.25, 0.3) is 0 Å². The highest BCUT2D eigenvalue weighted by Gasteiger charge is 2.37. The number of benzene rings is 1. The SMILES string of the molecule is COc1ccc(C(CC(=O)N2CC(C)N(CCN(C)C)C(C)C2)C2CC2)cc1. The number of nitrogens with zero attached hydrogens (tertiary/aromatic N) is 3. The maximum Gasteiger partial charge on any atom is 0.223 e. The van der Waals surface area contributed by atoms with Crippen molar-refractivity contribution in [1.29, 1.82) is 0 Å². The number of hydrogen-bond acceptors (Lipinski definition) is 4. The summed E-state index contributed by atoms with van der Waals surface area (Å²) in [7, 11) is 5.93. The van der Waals surface area contributed by atoms with Gasteiger partial charge in [-0.05, 0) is 70.3 Å². The molecule has 0 spiro atoms. The fourth-order valence-corrected chi connectivity index (χ4v) is 4.54. The lowest BCUT2D eigenvalue weighted by Gasteiger charge is -2.45. The molecule has 0 bridgehead atoms. The van der Waals surface area contributed by atoms with E-state index in [0.29, 0.717) is 36.2 Å². The predicted molar refractivity (Wildman–Crippen MR) is 114 cm³/mol. The van der Waals surface area contributed by atoms with Crippen LogP contribution in [0.4, 0.5) is 0 Å². The van der Waals surface area contributed by atoms with Crippen LogP contribution in [0.1, 0.15) is 44.6 Å². The standard InChI is InChI=1S/C23H37N3O2/c1-17-15-25(16-18(2)26(17)13-12-24(3)4)23(27)14-22(19-6-7-19)20-8-10-21(28-5)11-9-20/h8-11,17-19,22H,6-7,12-16H2,1-5H3. The van der Waals surface area contributed by atoms with Crippen molar-refractivity contribution in [3.8, 4) is 5.75 Å². The molecule has 1 aliphatic heterocycles. The van der Waals surface area contributed by atoms with Gasteiger partial charge in [-0.1, -0.05) is 12.1 Å². The van der Waals surface area contributed by atoms with Gasteiger partial charge in [-0.15, -0.1) is 0 Å². The number of amides is 1. The molecule has 3 unspecified atom stereocenters. The minimum absolute atomic E-state index is 0.318. The van der Waals surface area contributed by atoms with Gasteiger partial charge in [0.2, 0.25) is 5.91 Å². The summed E-state index contributed by atoms with van der Waals surface area (Å²) >= 11 is 0. The van der Waals surface area contributed by atoms with E-state index in [1.807, 2.05) is 12.1 Å². The molecule has 1 aromatic rings. The van der Waals surface area contributed by atoms with Gasteiger partial charge in [0.15, 0.2) is 0 Å². The number of hydrogen-bond donors (Lipinski definition) is 0. The molecule has 1 saturated heterocycles. The quantitative estimate of drug-likeness (QED) is 0.687. The fourth-order valence-electron chi connectivity index (χ4n) is 4.54. The smallest absolute Gasteiger partial charge is 0.223 e. The number of rotatable bonds is 8. The zero-order valence-electron chi connectivity index (χ0n) is 18.2. The van der Waals surface area contributed by atoms with Gasteiger partial charge >= 0.3 is 0 Å². The Labute approximate surface area is 170 Å². The van der Waals surface area contributed by atoms with Crippen LogP contribution in [-0.2, 0) is 4.79 Å². The topological polar surface area (TPSA) is 36.0 Å². The van der Waals surface area contributed by atoms with Crippen LogP contribution < -0.4 is 4.74 Å². The molecule has 28 heavy (non-hydrogen) atoms. The third-order valence-corrected chi connectivity index (χ3v) is 6.39. The first-order valence-electron chi connectivity index (χ1n) is 10.7. The van der Waals surface area contributed by atoms with E-state index < -0.39 is 0 Å². The van der Waals surface area contributed by atoms with E-state index in [0.717, 1.165) is 31.9 Å². The van der Waals surface area contributed by atoms with Crippen molar-refractivity contribution in [2.75, 3.05) is 47.4 Å². The third kappa shape index (κ3) is 5.26. The number of piperazine rings is 1. The summed E-state index contributed by atoms with van der Waals surface area (Å²) in [5.41, 5.74) is 1.28. The lowest BCUT2D eigenvalue weighted by Crippen LogP contribution is -2.59. The number of carbonyl (C=O) groups excluding carboxylic acids is 1. The molecular formula is C23H37N3O2. The minimum atomic E-state index is 0.318. The van der Waals surface area contributed by atoms with Gasteiger partial charge in [0.1, 0.15) is 5.75 Å². The highest BCUT2D eigenvalue weighted by atomic mass is 16.5. The van der Waals surface area contributed by atoms with Gasteiger partial charge in [-0.2, -0.15) is 0 Å². The second-order valence-corrected chi connectivity index (χ2v) is 8.96. The zero-order valence-corrected chi connectivity index (χ0v) is 18.2. The van der Waals surface area contributed by atoms with Gasteiger partial charge in [0.25, 0.3) is 0 Å². The Kier molecular flexibility index (Phi) is 7.00. The Balaban J connectivity index is 1.61. The molecule has 2 fully saturated rings. The van der Waals surface area contributed by atoms with Gasteiger partial charge in [-0.3, -0.25) is 9.69 Å². The van der Waals surface area contributed by atoms with E-state index >= 15 is 0 Å². The summed E-state index contributed by atoms with van der Waals surface area (Å²) in [4.78, 5) is 20.1. The van der Waals surface area contributed by atoms with Crippen molar-refractivity contribution in [2.24, 2.45) is 5.92 Å². The average molecular weight is 388 g/mol. The summed E-state index contributed by atoms with van der Waals surface area (Å²) in [6.45, 7) is 8.33. The second kappa shape index (κ2) is 9.27. The zero-order chi connectivity index (χ0) is 20.3. The molecule has 1 aromatic carbocycles. The van der Waals surface area contributed by atoms with Crippen LogP contribution in [0.3, 0.4) is 0 Å². The summed E-state index contributed by atoms with van der Waals surface area (Å²) in [5, 5.41) is 0. The summed E-state index contributed by atoms with van der Waals surface area (Å²) in [6, 6.07) is 9.13. The summed E-state index contributed by atoms with van der Waals surface area (Å²) < 4.78 is 5.29. The maximum atomic E-state index is 13.2. The largest absolute Gasteiger partial charge is 0.497 e. The predicted octanol–water partition coefficient (Wildman–Crippen LogP) is 3.06. The van der Waals surface area contributed by atoms with Crippen LogP contribution in [0.5, 0.6) is 5.75 Å². The highest BCUT2D eigenvalue weighted by Crippen LogP contribution is 2.45. The number of ether oxygens (including phenoxy) is 1. The Bertz CT molecular complexity index is 630. The van der Waals surface area contributed by atoms with E-state index in [9.17, 15) is 4.79 Å². The summed E-state index contributed by atoms with van der Waals surface area (Å²) in [5.74, 6) is 2.20. The fraction of sp³-hybridized carbons (Fsp3) is 0.696. The molecule has 0 aromatic heterocycles. The Morgan fingerprint density at radius 2 is 1.75 bits per heavy atom. The van der Waals surface area contributed by atoms with E-state index in [1.54, 1.807) is 7.11 Å². The second-order valence-electron chi connectivity index (χ2n) is 8.96. The number of methoxy groups -OCH3 is 1. The van der Waals surface area contributed by atoms with Crippen LogP contribution in [0, 0.1) is 5.92 Å². The molecule has 156 valence electrons. The first-order valence-corrected chi connectivity index (χ1v) is 10.7. The van der Waals surface area contributed by atoms with E-state index in [4.69, 9.17) is 4.74 Å². The molecule has 1 amide bonds. The first-order chi connectivity index (χ1) is 13.4. The van der Waals surface area contributed by atoms with Crippen molar-refractivity contribution < 1.29 is 9.53 Å². The van der Waals surface area contributed by atoms with Crippen molar-refractivity contribution >= 4 is 5.91 Å². The minimum Gasteiger partial charge on any atom is -0.497 e. The van der Waals surface area contributed by atoms with Crippen LogP contribution in [-0.4, -0.2) is 80.1 Å². The molecule has 5 nitrogen and oxygen atoms in total. The van der Waals surface area contributed by atoms with Crippen molar-refractivity contribution in [3.05, 3.63) is 29.8 Å². The lowest BCUT2D eigenvalue weighted by atomic mass is 9.90. The number of likely N-dealkylation sites (N-methyl/N-ethyl adjacent to an activating group) is 1. The normalized spacial score (nSPS) is 24.4. The lowest BCUT2D eigenvalue weighted by molar-refractivity contribution is -0.136. The van der Waals surface area contributed by atoms with Gasteiger partial charge in [-0.25, -0.2) is 0 Å². The van der Waals surface area contributed by atoms with Gasteiger partial charge in [0.05, 0.1) is 7.11 Å². The van der Waals surface area contributed by atoms with E-state index in [1.165, 1.54) is 18.4 Å². The molecular weight excluding hydrogens is 350 g/mol. The molecule has 0 radical (unpaired) electrons. The van der Waals surface area contributed by atoms with Gasteiger partial charge in [0, 0.05) is 44.7 Å². The van der Waals surface area contributed by atoms with E-state index in [-0.39, 0.29) is 0 Å². The molecule has 2 aliphatic rings. The Hall–Kier alpha value is -1.59. The molecule has 3 atom stereocenters. The average Bonchev–Trinajstić information content (AvgIpc) is 3.50. The van der Waals surface area contributed by atoms with Crippen LogP contribution in [0.2, 0.25) is 0 Å². The van der Waals surface area contributed by atoms with Crippen LogP contribution >= 0.6 is 0 Å². The highest BCUT2D eigenvalue weighted by molar-refractivity contribution is 5.77. The monoisotopic (exact) mass is 387 g/mol. The first kappa shape index (κ1) is 21.1. The Morgan fingerprint density at radius 3 is 2.25 bits per heavy atom. The van der Waals surface area contributed by atoms with Crippen molar-refractivity contribution in [3.63, 3.8) is 0 Å². The van der Waals surface area contributed by atoms with Gasteiger partial charge < -0.3 is 14.5 Å². The Morgan fingerprint density at radius 1 is 1.14 bits per heavy atom. The van der Waals surface area contributed by atoms with Crippen LogP contribution in [0.15, 0.2) is 24.3 Å². The molecule has 0 N–H and O–H groups in total. The molecule has 5 heteroatoms. The van der Waals surface area contributed by atoms with E-state index in [2.05, 4.69) is 54.8 Å². The maximum absolute atomic E-state index is 13.2. The molecule has 1 heterocycles. The van der Waals surface area contributed by atoms with Crippen molar-refractivity contribution in [1.82, 2.24) is 14.7 Å².